The van der Waals surface area contributed by atoms with Gasteiger partial charge < -0.3 is 14.5 Å². The number of ether oxygens (including phenoxy) is 1. The molecule has 4 aliphatic heterocycles. The normalized spacial score (nSPS) is 19.5. The Bertz CT molecular complexity index is 3030. The molecule has 0 aromatic heterocycles. The predicted molar refractivity (Wildman–Crippen MR) is 272 cm³/mol. The quantitative estimate of drug-likeness (QED) is 0.161. The summed E-state index contributed by atoms with van der Waals surface area (Å²) >= 11 is 0. The van der Waals surface area contributed by atoms with E-state index in [2.05, 4.69) is 219 Å². The summed E-state index contributed by atoms with van der Waals surface area (Å²) in [6, 6.07) is 51.3. The summed E-state index contributed by atoms with van der Waals surface area (Å²) in [6.07, 6.45) is 2.14. The standard InChI is InChI=1S/C61H59BN2O/c1-56(2,3)36-30-45-53-46(31-36)64(38-24-16-13-17-25-38)55-50-42(58(6,7)35-60(50,10)11)33-44-52(55)62(53)51-43(61(44)39-26-18-20-28-47(39)65-48-29-21-19-27-40(48)61)32-41-49(59(8,9)34-57(41,4)5)54(51)63(45)37-22-14-12-15-23-37/h12-33H,34-35H2,1-11H3. The maximum atomic E-state index is 7.07. The molecule has 0 amide bonds. The molecule has 0 saturated heterocycles. The Morgan fingerprint density at radius 1 is 0.446 bits per heavy atom. The summed E-state index contributed by atoms with van der Waals surface area (Å²) in [4.78, 5) is 5.46. The van der Waals surface area contributed by atoms with Gasteiger partial charge in [-0.25, -0.2) is 0 Å². The van der Waals surface area contributed by atoms with Crippen molar-refractivity contribution in [3.63, 3.8) is 0 Å². The molecule has 0 radical (unpaired) electrons. The van der Waals surface area contributed by atoms with Crippen molar-refractivity contribution in [3.8, 4) is 11.5 Å². The van der Waals surface area contributed by atoms with Gasteiger partial charge in [0.1, 0.15) is 11.5 Å². The third kappa shape index (κ3) is 4.83. The summed E-state index contributed by atoms with van der Waals surface area (Å²) < 4.78 is 7.07. The number of benzene rings is 7. The van der Waals surface area contributed by atoms with E-state index in [1.165, 1.54) is 101 Å². The van der Waals surface area contributed by atoms with E-state index in [9.17, 15) is 0 Å². The van der Waals surface area contributed by atoms with E-state index < -0.39 is 5.41 Å². The Hall–Kier alpha value is -6.00. The fourth-order valence-electron chi connectivity index (χ4n) is 14.9. The van der Waals surface area contributed by atoms with Crippen molar-refractivity contribution in [2.75, 3.05) is 9.80 Å². The van der Waals surface area contributed by atoms with Crippen molar-refractivity contribution in [2.45, 2.75) is 121 Å². The molecule has 3 nitrogen and oxygen atoms in total. The van der Waals surface area contributed by atoms with Crippen LogP contribution in [0.5, 0.6) is 11.5 Å². The third-order valence-corrected chi connectivity index (χ3v) is 16.7. The van der Waals surface area contributed by atoms with Crippen molar-refractivity contribution in [1.29, 1.82) is 0 Å². The van der Waals surface area contributed by atoms with E-state index >= 15 is 0 Å². The zero-order chi connectivity index (χ0) is 45.0. The molecule has 0 unspecified atom stereocenters. The van der Waals surface area contributed by atoms with Gasteiger partial charge in [-0.15, -0.1) is 0 Å². The first-order chi connectivity index (χ1) is 30.9. The highest BCUT2D eigenvalue weighted by Gasteiger charge is 2.62. The van der Waals surface area contributed by atoms with Gasteiger partial charge in [0.05, 0.1) is 5.41 Å². The van der Waals surface area contributed by atoms with Gasteiger partial charge in [0.15, 0.2) is 0 Å². The number of hydrogen-bond donors (Lipinski definition) is 0. The molecule has 4 heteroatoms. The average Bonchev–Trinajstić information content (AvgIpc) is 3.58. The van der Waals surface area contributed by atoms with Crippen LogP contribution < -0.4 is 30.9 Å². The van der Waals surface area contributed by atoms with E-state index in [0.29, 0.717) is 0 Å². The fourth-order valence-corrected chi connectivity index (χ4v) is 14.9. The summed E-state index contributed by atoms with van der Waals surface area (Å²) in [7, 11) is 0. The van der Waals surface area contributed by atoms with E-state index in [0.717, 1.165) is 24.3 Å². The molecular formula is C61H59BN2O. The Balaban J connectivity index is 1.35. The monoisotopic (exact) mass is 846 g/mol. The zero-order valence-electron chi connectivity index (χ0n) is 40.0. The van der Waals surface area contributed by atoms with Gasteiger partial charge in [0.2, 0.25) is 0 Å². The molecule has 7 aromatic rings. The first-order valence-corrected chi connectivity index (χ1v) is 24.1. The second-order valence-corrected chi connectivity index (χ2v) is 23.9. The van der Waals surface area contributed by atoms with Gasteiger partial charge in [-0.3, -0.25) is 0 Å². The summed E-state index contributed by atoms with van der Waals surface area (Å²) in [5.41, 5.74) is 23.6. The number of rotatable bonds is 2. The molecule has 0 N–H and O–H groups in total. The van der Waals surface area contributed by atoms with Crippen LogP contribution in [-0.4, -0.2) is 6.71 Å². The third-order valence-electron chi connectivity index (χ3n) is 16.7. The van der Waals surface area contributed by atoms with Crippen LogP contribution in [0.4, 0.5) is 34.1 Å². The highest BCUT2D eigenvalue weighted by molar-refractivity contribution is 7.01. The van der Waals surface area contributed by atoms with Gasteiger partial charge in [0, 0.05) is 45.3 Å². The molecular weight excluding hydrogens is 787 g/mol. The predicted octanol–water partition coefficient (Wildman–Crippen LogP) is 13.8. The van der Waals surface area contributed by atoms with E-state index in [4.69, 9.17) is 4.74 Å². The Morgan fingerprint density at radius 2 is 0.846 bits per heavy atom. The van der Waals surface area contributed by atoms with Crippen LogP contribution in [-0.2, 0) is 32.5 Å². The molecule has 322 valence electrons. The number of hydrogen-bond acceptors (Lipinski definition) is 3. The lowest BCUT2D eigenvalue weighted by molar-refractivity contribution is 0.403. The number of nitrogens with zero attached hydrogens (tertiary/aromatic N) is 2. The lowest BCUT2D eigenvalue weighted by Gasteiger charge is -2.55. The van der Waals surface area contributed by atoms with Crippen molar-refractivity contribution < 1.29 is 4.74 Å². The van der Waals surface area contributed by atoms with Crippen molar-refractivity contribution in [3.05, 3.63) is 184 Å². The van der Waals surface area contributed by atoms with Gasteiger partial charge in [-0.2, -0.15) is 0 Å². The second kappa shape index (κ2) is 12.3. The molecule has 7 aromatic carbocycles. The first-order valence-electron chi connectivity index (χ1n) is 24.1. The van der Waals surface area contributed by atoms with Gasteiger partial charge >= 0.3 is 0 Å². The Morgan fingerprint density at radius 3 is 1.26 bits per heavy atom. The largest absolute Gasteiger partial charge is 0.457 e. The lowest BCUT2D eigenvalue weighted by Crippen LogP contribution is -2.69. The minimum absolute atomic E-state index is 0.00800. The minimum Gasteiger partial charge on any atom is -0.457 e. The molecule has 0 fully saturated rings. The first kappa shape index (κ1) is 39.4. The van der Waals surface area contributed by atoms with Crippen LogP contribution in [0.3, 0.4) is 0 Å². The molecule has 65 heavy (non-hydrogen) atoms. The van der Waals surface area contributed by atoms with Crippen LogP contribution >= 0.6 is 0 Å². The molecule has 4 heterocycles. The van der Waals surface area contributed by atoms with Gasteiger partial charge in [-0.1, -0.05) is 161 Å². The van der Waals surface area contributed by atoms with E-state index in [-0.39, 0.29) is 33.8 Å². The molecule has 6 aliphatic rings. The highest BCUT2D eigenvalue weighted by atomic mass is 16.5. The van der Waals surface area contributed by atoms with Crippen LogP contribution in [0.1, 0.15) is 139 Å². The van der Waals surface area contributed by atoms with Crippen LogP contribution in [0, 0.1) is 0 Å². The number of para-hydroxylation sites is 4. The van der Waals surface area contributed by atoms with Crippen molar-refractivity contribution >= 4 is 57.2 Å². The van der Waals surface area contributed by atoms with Crippen molar-refractivity contribution in [2.24, 2.45) is 0 Å². The van der Waals surface area contributed by atoms with Crippen molar-refractivity contribution in [1.82, 2.24) is 0 Å². The summed E-state index contributed by atoms with van der Waals surface area (Å²) in [5.74, 6) is 1.88. The Kier molecular flexibility index (Phi) is 7.43. The molecule has 2 aliphatic carbocycles. The van der Waals surface area contributed by atoms with Crippen LogP contribution in [0.25, 0.3) is 0 Å². The second-order valence-electron chi connectivity index (χ2n) is 23.9. The minimum atomic E-state index is -0.684. The van der Waals surface area contributed by atoms with Crippen LogP contribution in [0.15, 0.2) is 133 Å². The highest BCUT2D eigenvalue weighted by Crippen LogP contribution is 2.65. The number of anilines is 6. The van der Waals surface area contributed by atoms with E-state index in [1.54, 1.807) is 0 Å². The SMILES string of the molecule is CC(C)(C)c1cc2c3c(c1)N(c1ccccc1)c1c4c(cc5c1C(C)(C)CC5(C)C)C1(c5ccccc5Oc5ccccc51)c1cc5c(c(c1B34)N2c1ccccc1)C(C)(C)CC5(C)C. The topological polar surface area (TPSA) is 15.7 Å². The average molecular weight is 847 g/mol. The molecule has 1 spiro atoms. The fraction of sp³-hybridized carbons (Fsp3) is 0.311. The Labute approximate surface area is 386 Å². The molecule has 0 saturated carbocycles. The molecule has 0 bridgehead atoms. The molecule has 13 rings (SSSR count). The van der Waals surface area contributed by atoms with Crippen LogP contribution in [0.2, 0.25) is 0 Å². The molecule has 0 atom stereocenters. The van der Waals surface area contributed by atoms with Gasteiger partial charge in [0.25, 0.3) is 6.71 Å². The summed E-state index contributed by atoms with van der Waals surface area (Å²) in [5, 5.41) is 0. The maximum Gasteiger partial charge on any atom is 0.253 e. The smallest absolute Gasteiger partial charge is 0.253 e. The van der Waals surface area contributed by atoms with Gasteiger partial charge in [-0.05, 0) is 144 Å². The zero-order valence-corrected chi connectivity index (χ0v) is 40.0. The number of fused-ring (bicyclic) bond motifs is 10. The maximum absolute atomic E-state index is 7.07. The lowest BCUT2D eigenvalue weighted by atomic mass is 9.27. The van der Waals surface area contributed by atoms with E-state index in [1.807, 2.05) is 0 Å². The summed E-state index contributed by atoms with van der Waals surface area (Å²) in [6.45, 7) is 27.3.